The van der Waals surface area contributed by atoms with E-state index in [1.165, 1.54) is 10.5 Å². The highest BCUT2D eigenvalue weighted by Gasteiger charge is 2.58. The van der Waals surface area contributed by atoms with E-state index < -0.39 is 47.9 Å². The maximum Gasteiger partial charge on any atom is 0.416 e. The van der Waals surface area contributed by atoms with Crippen molar-refractivity contribution in [3.8, 4) is 29.1 Å². The number of Topliss-reactive ketones (excluding diaryl/α,β-unsaturated/α-hetero) is 3. The second-order valence-electron chi connectivity index (χ2n) is 27.8. The summed E-state index contributed by atoms with van der Waals surface area (Å²) >= 11 is 0. The van der Waals surface area contributed by atoms with Gasteiger partial charge < -0.3 is 49.4 Å². The molecule has 20 nitrogen and oxygen atoms in total. The van der Waals surface area contributed by atoms with E-state index in [1.54, 1.807) is 80.1 Å². The smallest absolute Gasteiger partial charge is 0.416 e. The zero-order chi connectivity index (χ0) is 70.4. The average Bonchev–Trinajstić information content (AvgIpc) is 1.57. The van der Waals surface area contributed by atoms with Crippen LogP contribution in [0.25, 0.3) is 0 Å². The molecule has 100 heavy (non-hydrogen) atoms. The standard InChI is InChI=1S/C80H86N6O14/c1-49(2)62(41-61(88)45-81-73(90)31-29-60(87)30-32-74(91)83-46-58-18-8-7-15-54(58)25-26-55-16-9-11-19-65(55)83)75(92)82-51(4)69(89)38-52-21-23-53(24-22-52)47-100-79(96)86-67-43-70(50(3)37-64(67)76(93)84-48-80(33-34-80)44-68(84)78(86)95)98-35-13-6-14-36-99-72-40-56-27-28-59-39-57-17-10-12-20-66(57)85(59)77(94)63(56)42-71(72)97-5/h7-12,15-24,37,40,42-43,49,51,59,62,68,78,95H,6,13-14,27-36,38-39,41,44-48H2,1-5H3,(H,81,90)(H,82,92)/t51-,59+,62-,68-,78?/m0/s1. The number of carbonyl (C=O) groups is 9. The second-order valence-corrected chi connectivity index (χ2v) is 27.8. The number of amides is 6. The Morgan fingerprint density at radius 1 is 0.690 bits per heavy atom. The van der Waals surface area contributed by atoms with E-state index in [2.05, 4.69) is 28.5 Å². The van der Waals surface area contributed by atoms with Crippen molar-refractivity contribution < 1.29 is 67.2 Å². The largest absolute Gasteiger partial charge is 0.493 e. The number of hydrogen-bond donors (Lipinski definition) is 3. The molecule has 520 valence electrons. The van der Waals surface area contributed by atoms with Crippen molar-refractivity contribution in [3.05, 3.63) is 177 Å². The molecule has 6 aromatic carbocycles. The molecule has 1 saturated heterocycles. The number of fused-ring (bicyclic) bond motifs is 8. The Balaban J connectivity index is 0.586. The minimum absolute atomic E-state index is 0.0216. The molecule has 0 radical (unpaired) electrons. The number of benzene rings is 6. The maximum absolute atomic E-state index is 14.4. The molecule has 1 aliphatic carbocycles. The predicted molar refractivity (Wildman–Crippen MR) is 375 cm³/mol. The Kier molecular flexibility index (Phi) is 21.3. The van der Waals surface area contributed by atoms with Gasteiger partial charge in [-0.2, -0.15) is 0 Å². The van der Waals surface area contributed by atoms with Gasteiger partial charge in [-0.15, -0.1) is 0 Å². The van der Waals surface area contributed by atoms with Crippen molar-refractivity contribution in [1.29, 1.82) is 0 Å². The molecule has 1 unspecified atom stereocenters. The van der Waals surface area contributed by atoms with Gasteiger partial charge in [-0.1, -0.05) is 98.5 Å². The fourth-order valence-electron chi connectivity index (χ4n) is 14.4. The quantitative estimate of drug-likeness (QED) is 0.0321. The van der Waals surface area contributed by atoms with Crippen LogP contribution in [0.1, 0.15) is 163 Å². The van der Waals surface area contributed by atoms with E-state index in [-0.39, 0.29) is 110 Å². The SMILES string of the molecule is COc1cc2c(cc1OCCCCCOc1cc3c(cc1C)C(=O)N1CC4(CC4)C[C@H]1C(O)N3C(=O)OCc1ccc(CC(=O)[C@H](C)NC(=O)[C@@H](CC(=O)CNC(=O)CCC(=O)CCC(=O)N3Cc4ccccc4C#Cc4ccccc43)C(C)C)cc1)CC[C@@H]1Cc3ccccc3N1C2=O. The Labute approximate surface area is 583 Å². The molecule has 5 heterocycles. The summed E-state index contributed by atoms with van der Waals surface area (Å²) < 4.78 is 24.3. The zero-order valence-corrected chi connectivity index (χ0v) is 57.4. The van der Waals surface area contributed by atoms with Crippen LogP contribution in [0.5, 0.6) is 17.2 Å². The lowest BCUT2D eigenvalue weighted by Gasteiger charge is -2.31. The summed E-state index contributed by atoms with van der Waals surface area (Å²) in [6.45, 7) is 7.98. The summed E-state index contributed by atoms with van der Waals surface area (Å²) in [5.41, 5.74) is 9.10. The molecular weight excluding hydrogens is 1270 g/mol. The Morgan fingerprint density at radius 3 is 2.11 bits per heavy atom. The first-order valence-corrected chi connectivity index (χ1v) is 34.9. The van der Waals surface area contributed by atoms with Crippen LogP contribution >= 0.6 is 0 Å². The monoisotopic (exact) mass is 1350 g/mol. The number of rotatable bonds is 27. The van der Waals surface area contributed by atoms with Gasteiger partial charge in [0.15, 0.2) is 29.3 Å². The van der Waals surface area contributed by atoms with Crippen molar-refractivity contribution in [2.75, 3.05) is 48.1 Å². The Morgan fingerprint density at radius 2 is 1.37 bits per heavy atom. The van der Waals surface area contributed by atoms with E-state index in [1.807, 2.05) is 84.6 Å². The number of nitrogens with one attached hydrogen (secondary N) is 2. The molecule has 5 atom stereocenters. The van der Waals surface area contributed by atoms with Crippen LogP contribution in [0.2, 0.25) is 0 Å². The Bertz CT molecular complexity index is 4240. The molecule has 6 amide bonds. The molecule has 0 aromatic heterocycles. The minimum atomic E-state index is -1.41. The summed E-state index contributed by atoms with van der Waals surface area (Å²) in [4.78, 5) is 129. The van der Waals surface area contributed by atoms with Gasteiger partial charge in [0.2, 0.25) is 17.7 Å². The van der Waals surface area contributed by atoms with Crippen LogP contribution in [0.3, 0.4) is 0 Å². The highest BCUT2D eigenvalue weighted by atomic mass is 16.6. The lowest BCUT2D eigenvalue weighted by atomic mass is 9.89. The molecule has 5 aliphatic heterocycles. The first-order valence-electron chi connectivity index (χ1n) is 34.9. The highest BCUT2D eigenvalue weighted by Crippen LogP contribution is 2.57. The van der Waals surface area contributed by atoms with Crippen molar-refractivity contribution in [2.45, 2.75) is 162 Å². The van der Waals surface area contributed by atoms with E-state index in [4.69, 9.17) is 18.9 Å². The fourth-order valence-corrected chi connectivity index (χ4v) is 14.4. The third-order valence-corrected chi connectivity index (χ3v) is 20.4. The van der Waals surface area contributed by atoms with Crippen LogP contribution in [0.15, 0.2) is 121 Å². The lowest BCUT2D eigenvalue weighted by Crippen LogP contribution is -2.50. The van der Waals surface area contributed by atoms with Gasteiger partial charge in [0, 0.05) is 85.5 Å². The molecule has 3 N–H and O–H groups in total. The fraction of sp³-hybridized carbons (Fsp3) is 0.412. The number of anilines is 3. The van der Waals surface area contributed by atoms with E-state index >= 15 is 0 Å². The topological polar surface area (TPSA) is 248 Å². The summed E-state index contributed by atoms with van der Waals surface area (Å²) in [5, 5.41) is 17.5. The summed E-state index contributed by atoms with van der Waals surface area (Å²) in [6.07, 6.45) is 4.07. The highest BCUT2D eigenvalue weighted by molar-refractivity contribution is 6.10. The first kappa shape index (κ1) is 69.8. The van der Waals surface area contributed by atoms with Gasteiger partial charge in [0.1, 0.15) is 18.1 Å². The number of carbonyl (C=O) groups excluding carboxylic acids is 9. The molecule has 0 bridgehead atoms. The van der Waals surface area contributed by atoms with Crippen LogP contribution in [0, 0.1) is 36.0 Å². The van der Waals surface area contributed by atoms with E-state index in [0.717, 1.165) is 60.9 Å². The predicted octanol–water partition coefficient (Wildman–Crippen LogP) is 10.7. The zero-order valence-electron chi connectivity index (χ0n) is 57.4. The van der Waals surface area contributed by atoms with E-state index in [0.29, 0.717) is 96.3 Å². The van der Waals surface area contributed by atoms with Crippen LogP contribution < -0.4 is 39.5 Å². The molecular formula is C80H86N6O14. The maximum atomic E-state index is 14.4. The third-order valence-electron chi connectivity index (χ3n) is 20.4. The van der Waals surface area contributed by atoms with Crippen molar-refractivity contribution in [3.63, 3.8) is 0 Å². The number of hydrogen-bond acceptors (Lipinski definition) is 14. The number of para-hydroxylation sites is 2. The van der Waals surface area contributed by atoms with Gasteiger partial charge in [-0.05, 0) is 159 Å². The minimum Gasteiger partial charge on any atom is -0.493 e. The second kappa shape index (κ2) is 30.5. The van der Waals surface area contributed by atoms with Crippen LogP contribution in [-0.4, -0.2) is 121 Å². The van der Waals surface area contributed by atoms with Gasteiger partial charge >= 0.3 is 6.09 Å². The number of aliphatic hydroxyl groups is 1. The molecule has 1 saturated carbocycles. The molecule has 12 rings (SSSR count). The van der Waals surface area contributed by atoms with Gasteiger partial charge in [-0.3, -0.25) is 38.4 Å². The van der Waals surface area contributed by atoms with E-state index in [9.17, 15) is 48.3 Å². The summed E-state index contributed by atoms with van der Waals surface area (Å²) in [6, 6.07) is 35.6. The van der Waals surface area contributed by atoms with Crippen LogP contribution in [0.4, 0.5) is 21.9 Å². The normalized spacial score (nSPS) is 17.9. The third kappa shape index (κ3) is 15.6. The average molecular weight is 1360 g/mol. The van der Waals surface area contributed by atoms with Gasteiger partial charge in [0.25, 0.3) is 11.8 Å². The number of unbranched alkanes of at least 4 members (excludes halogenated alkanes) is 2. The summed E-state index contributed by atoms with van der Waals surface area (Å²) in [7, 11) is 1.58. The Hall–Kier alpha value is -10.1. The molecule has 20 heteroatoms. The number of nitrogens with zero attached hydrogens (tertiary/aromatic N) is 4. The molecule has 6 aromatic rings. The van der Waals surface area contributed by atoms with Crippen LogP contribution in [-0.2, 0) is 65.9 Å². The molecule has 6 aliphatic rings. The number of ether oxygens (including phenoxy) is 4. The number of ketones is 3. The van der Waals surface area contributed by atoms with Crippen molar-refractivity contribution >= 4 is 70.0 Å². The first-order chi connectivity index (χ1) is 48.2. The van der Waals surface area contributed by atoms with Crippen molar-refractivity contribution in [2.24, 2.45) is 17.3 Å². The molecule has 1 spiro atoms. The van der Waals surface area contributed by atoms with Crippen molar-refractivity contribution in [1.82, 2.24) is 15.5 Å². The number of aliphatic hydroxyl groups excluding tert-OH is 1. The molecule has 2 fully saturated rings. The van der Waals surface area contributed by atoms with Gasteiger partial charge in [-0.25, -0.2) is 9.69 Å². The number of aryl methyl sites for hydroxylation is 2. The van der Waals surface area contributed by atoms with Gasteiger partial charge in [0.05, 0.1) is 62.4 Å². The lowest BCUT2D eigenvalue weighted by molar-refractivity contribution is -0.133. The number of methoxy groups -OCH3 is 1. The summed E-state index contributed by atoms with van der Waals surface area (Å²) in [5.74, 6) is 4.31.